The number of amides is 1. The molecule has 1 aromatic rings. The minimum absolute atomic E-state index is 0.247. The zero-order chi connectivity index (χ0) is 8.97. The number of hydrogen-bond donors (Lipinski definition) is 1. The summed E-state index contributed by atoms with van der Waals surface area (Å²) >= 11 is 5.58. The number of carbonyl (C=O) groups is 1. The van der Waals surface area contributed by atoms with Crippen LogP contribution >= 0.6 is 11.6 Å². The van der Waals surface area contributed by atoms with Crippen molar-refractivity contribution < 1.29 is 4.79 Å². The van der Waals surface area contributed by atoms with E-state index in [0.717, 1.165) is 6.42 Å². The van der Waals surface area contributed by atoms with Crippen LogP contribution in [0.1, 0.15) is 13.3 Å². The number of carbonyl (C=O) groups excluding carboxylic acids is 1. The van der Waals surface area contributed by atoms with Crippen molar-refractivity contribution in [3.05, 3.63) is 17.4 Å². The maximum atomic E-state index is 11.1. The van der Waals surface area contributed by atoms with Crippen LogP contribution in [-0.2, 0) is 0 Å². The van der Waals surface area contributed by atoms with Gasteiger partial charge in [-0.05, 0) is 6.42 Å². The highest BCUT2D eigenvalue weighted by molar-refractivity contribution is 6.30. The van der Waals surface area contributed by atoms with Gasteiger partial charge in [-0.25, -0.2) is 4.79 Å². The van der Waals surface area contributed by atoms with Gasteiger partial charge in [0.05, 0.1) is 17.4 Å². The molecule has 66 valence electrons. The lowest BCUT2D eigenvalue weighted by molar-refractivity contribution is 0.239. The molecule has 0 spiro atoms. The normalized spacial score (nSPS) is 9.83. The fourth-order valence-corrected chi connectivity index (χ4v) is 0.861. The minimum atomic E-state index is -0.247. The molecule has 1 aromatic heterocycles. The van der Waals surface area contributed by atoms with Crippen molar-refractivity contribution in [3.8, 4) is 0 Å². The topological polar surface area (TPSA) is 46.9 Å². The summed E-state index contributed by atoms with van der Waals surface area (Å²) in [5.74, 6) is 0. The Morgan fingerprint density at radius 2 is 2.58 bits per heavy atom. The Hall–Kier alpha value is -1.03. The predicted octanol–water partition coefficient (Wildman–Crippen LogP) is 1.50. The third-order valence-corrected chi connectivity index (χ3v) is 1.48. The zero-order valence-electron chi connectivity index (χ0n) is 6.75. The number of aromatic nitrogens is 2. The molecule has 0 aliphatic heterocycles. The van der Waals surface area contributed by atoms with Crippen molar-refractivity contribution in [2.45, 2.75) is 13.3 Å². The molecule has 4 nitrogen and oxygen atoms in total. The van der Waals surface area contributed by atoms with Gasteiger partial charge in [0, 0.05) is 6.54 Å². The molecule has 0 bridgehead atoms. The summed E-state index contributed by atoms with van der Waals surface area (Å²) in [4.78, 5) is 11.1. The SMILES string of the molecule is CCCNC(=O)n1cc(Cl)cn1. The van der Waals surface area contributed by atoms with Gasteiger partial charge in [0.15, 0.2) is 0 Å². The number of nitrogens with one attached hydrogen (secondary N) is 1. The maximum absolute atomic E-state index is 11.1. The van der Waals surface area contributed by atoms with Gasteiger partial charge in [-0.15, -0.1) is 0 Å². The highest BCUT2D eigenvalue weighted by atomic mass is 35.5. The summed E-state index contributed by atoms with van der Waals surface area (Å²) in [5.41, 5.74) is 0. The summed E-state index contributed by atoms with van der Waals surface area (Å²) in [6, 6.07) is -0.247. The Kier molecular flexibility index (Phi) is 3.10. The molecule has 1 heterocycles. The first-order valence-corrected chi connectivity index (χ1v) is 4.10. The van der Waals surface area contributed by atoms with E-state index in [1.807, 2.05) is 6.92 Å². The van der Waals surface area contributed by atoms with E-state index in [-0.39, 0.29) is 6.03 Å². The summed E-state index contributed by atoms with van der Waals surface area (Å²) in [5, 5.41) is 6.87. The maximum Gasteiger partial charge on any atom is 0.342 e. The molecule has 0 aliphatic carbocycles. The van der Waals surface area contributed by atoms with Crippen LogP contribution in [0, 0.1) is 0 Å². The Bertz CT molecular complexity index is 271. The van der Waals surface area contributed by atoms with Crippen molar-refractivity contribution in [3.63, 3.8) is 0 Å². The second kappa shape index (κ2) is 4.11. The molecule has 0 saturated carbocycles. The number of rotatable bonds is 2. The fraction of sp³-hybridized carbons (Fsp3) is 0.429. The molecule has 0 aromatic carbocycles. The molecule has 1 rings (SSSR count). The van der Waals surface area contributed by atoms with Crippen LogP contribution in [0.5, 0.6) is 0 Å². The third kappa shape index (κ3) is 2.23. The van der Waals surface area contributed by atoms with Gasteiger partial charge >= 0.3 is 6.03 Å². The first-order chi connectivity index (χ1) is 5.74. The second-order valence-electron chi connectivity index (χ2n) is 2.34. The average Bonchev–Trinajstić information content (AvgIpc) is 2.47. The van der Waals surface area contributed by atoms with E-state index < -0.39 is 0 Å². The Labute approximate surface area is 75.5 Å². The lowest BCUT2D eigenvalue weighted by atomic mass is 10.5. The van der Waals surface area contributed by atoms with E-state index in [1.165, 1.54) is 17.1 Å². The zero-order valence-corrected chi connectivity index (χ0v) is 7.51. The van der Waals surface area contributed by atoms with Gasteiger partial charge in [-0.1, -0.05) is 18.5 Å². The van der Waals surface area contributed by atoms with Gasteiger partial charge < -0.3 is 5.32 Å². The lowest BCUT2D eigenvalue weighted by Gasteiger charge is -2.00. The van der Waals surface area contributed by atoms with Crippen molar-refractivity contribution >= 4 is 17.6 Å². The summed E-state index contributed by atoms with van der Waals surface area (Å²) in [6.07, 6.45) is 3.79. The van der Waals surface area contributed by atoms with Crippen LogP contribution in [-0.4, -0.2) is 22.4 Å². The molecule has 1 amide bonds. The van der Waals surface area contributed by atoms with E-state index >= 15 is 0 Å². The fourth-order valence-electron chi connectivity index (χ4n) is 0.725. The van der Waals surface area contributed by atoms with E-state index in [9.17, 15) is 4.79 Å². The lowest BCUT2D eigenvalue weighted by Crippen LogP contribution is -2.29. The van der Waals surface area contributed by atoms with E-state index in [0.29, 0.717) is 11.6 Å². The Morgan fingerprint density at radius 3 is 3.08 bits per heavy atom. The first-order valence-electron chi connectivity index (χ1n) is 3.72. The van der Waals surface area contributed by atoms with Gasteiger partial charge in [0.2, 0.25) is 0 Å². The molecule has 0 radical (unpaired) electrons. The molecular weight excluding hydrogens is 178 g/mol. The van der Waals surface area contributed by atoms with Crippen molar-refractivity contribution in [2.24, 2.45) is 0 Å². The largest absolute Gasteiger partial charge is 0.342 e. The van der Waals surface area contributed by atoms with Crippen LogP contribution in [0.15, 0.2) is 12.4 Å². The highest BCUT2D eigenvalue weighted by Gasteiger charge is 2.03. The van der Waals surface area contributed by atoms with Gasteiger partial charge in [0.25, 0.3) is 0 Å². The number of hydrogen-bond acceptors (Lipinski definition) is 2. The second-order valence-corrected chi connectivity index (χ2v) is 2.77. The van der Waals surface area contributed by atoms with Gasteiger partial charge in [0.1, 0.15) is 0 Å². The highest BCUT2D eigenvalue weighted by Crippen LogP contribution is 2.03. The third-order valence-electron chi connectivity index (χ3n) is 1.29. The van der Waals surface area contributed by atoms with Crippen LogP contribution in [0.25, 0.3) is 0 Å². The van der Waals surface area contributed by atoms with E-state index in [4.69, 9.17) is 11.6 Å². The first kappa shape index (κ1) is 9.06. The quantitative estimate of drug-likeness (QED) is 0.763. The smallest absolute Gasteiger partial charge is 0.336 e. The number of halogens is 1. The molecule has 0 unspecified atom stereocenters. The van der Waals surface area contributed by atoms with E-state index in [1.54, 1.807) is 0 Å². The molecule has 0 aliphatic rings. The molecule has 0 fully saturated rings. The molecule has 5 heteroatoms. The molecular formula is C7H10ClN3O. The summed E-state index contributed by atoms with van der Waals surface area (Å²) in [7, 11) is 0. The van der Waals surface area contributed by atoms with E-state index in [2.05, 4.69) is 10.4 Å². The Morgan fingerprint density at radius 1 is 1.83 bits per heavy atom. The summed E-state index contributed by atoms with van der Waals surface area (Å²) in [6.45, 7) is 2.63. The van der Waals surface area contributed by atoms with Crippen LogP contribution in [0.2, 0.25) is 5.02 Å². The van der Waals surface area contributed by atoms with Gasteiger partial charge in [-0.3, -0.25) is 0 Å². The Balaban J connectivity index is 2.53. The standard InChI is InChI=1S/C7H10ClN3O/c1-2-3-9-7(12)11-5-6(8)4-10-11/h4-5H,2-3H2,1H3,(H,9,12). The van der Waals surface area contributed by atoms with Crippen molar-refractivity contribution in [1.29, 1.82) is 0 Å². The van der Waals surface area contributed by atoms with Crippen molar-refractivity contribution in [2.75, 3.05) is 6.54 Å². The monoisotopic (exact) mass is 187 g/mol. The molecule has 0 saturated heterocycles. The molecule has 1 N–H and O–H groups in total. The average molecular weight is 188 g/mol. The minimum Gasteiger partial charge on any atom is -0.336 e. The van der Waals surface area contributed by atoms with Crippen LogP contribution in [0.3, 0.4) is 0 Å². The van der Waals surface area contributed by atoms with Gasteiger partial charge in [-0.2, -0.15) is 9.78 Å². The number of nitrogens with zero attached hydrogens (tertiary/aromatic N) is 2. The van der Waals surface area contributed by atoms with Crippen LogP contribution in [0.4, 0.5) is 4.79 Å². The van der Waals surface area contributed by atoms with Crippen molar-refractivity contribution in [1.82, 2.24) is 15.1 Å². The predicted molar refractivity (Wildman–Crippen MR) is 46.3 cm³/mol. The molecule has 12 heavy (non-hydrogen) atoms. The summed E-state index contributed by atoms with van der Waals surface area (Å²) < 4.78 is 1.18. The molecule has 0 atom stereocenters. The van der Waals surface area contributed by atoms with Crippen LogP contribution < -0.4 is 5.32 Å².